The van der Waals surface area contributed by atoms with E-state index in [2.05, 4.69) is 12.2 Å². The number of hydrogen-bond donors (Lipinski definition) is 2. The molecule has 0 aliphatic heterocycles. The van der Waals surface area contributed by atoms with Gasteiger partial charge in [-0.3, -0.25) is 4.79 Å². The Morgan fingerprint density at radius 3 is 2.95 bits per heavy atom. The van der Waals surface area contributed by atoms with Crippen LogP contribution in [0.15, 0.2) is 24.3 Å². The van der Waals surface area contributed by atoms with Crippen LogP contribution >= 0.6 is 0 Å². The summed E-state index contributed by atoms with van der Waals surface area (Å²) in [6.07, 6.45) is 4.23. The fourth-order valence-corrected chi connectivity index (χ4v) is 2.53. The second-order valence-corrected chi connectivity index (χ2v) is 5.32. The highest BCUT2D eigenvalue weighted by Crippen LogP contribution is 2.18. The summed E-state index contributed by atoms with van der Waals surface area (Å²) < 4.78 is 5.49. The molecule has 2 atom stereocenters. The van der Waals surface area contributed by atoms with E-state index in [4.69, 9.17) is 4.74 Å². The summed E-state index contributed by atoms with van der Waals surface area (Å²) >= 11 is 0. The van der Waals surface area contributed by atoms with Crippen molar-refractivity contribution in [2.45, 2.75) is 51.2 Å². The minimum atomic E-state index is -0.420. The van der Waals surface area contributed by atoms with Crippen LogP contribution in [0.4, 0.5) is 0 Å². The second kappa shape index (κ2) is 7.29. The van der Waals surface area contributed by atoms with Crippen molar-refractivity contribution in [3.05, 3.63) is 29.8 Å². The van der Waals surface area contributed by atoms with Gasteiger partial charge in [0.25, 0.3) is 5.91 Å². The zero-order chi connectivity index (χ0) is 14.4. The zero-order valence-corrected chi connectivity index (χ0v) is 12.0. The van der Waals surface area contributed by atoms with Gasteiger partial charge in [-0.2, -0.15) is 0 Å². The van der Waals surface area contributed by atoms with E-state index in [9.17, 15) is 9.90 Å². The first-order valence-corrected chi connectivity index (χ1v) is 7.38. The van der Waals surface area contributed by atoms with E-state index >= 15 is 0 Å². The third kappa shape index (κ3) is 4.23. The number of rotatable bonds is 5. The first-order valence-electron chi connectivity index (χ1n) is 7.38. The van der Waals surface area contributed by atoms with Gasteiger partial charge in [0.05, 0.1) is 12.1 Å². The first kappa shape index (κ1) is 14.9. The van der Waals surface area contributed by atoms with E-state index in [0.29, 0.717) is 5.75 Å². The lowest BCUT2D eigenvalue weighted by Gasteiger charge is -2.28. The zero-order valence-electron chi connectivity index (χ0n) is 12.0. The predicted octanol–water partition coefficient (Wildman–Crippen LogP) is 2.05. The maximum atomic E-state index is 11.8. The predicted molar refractivity (Wildman–Crippen MR) is 77.7 cm³/mol. The highest BCUT2D eigenvalue weighted by molar-refractivity contribution is 5.77. The van der Waals surface area contributed by atoms with Gasteiger partial charge in [-0.15, -0.1) is 0 Å². The van der Waals surface area contributed by atoms with Crippen LogP contribution in [-0.2, 0) is 11.2 Å². The number of nitrogens with one attached hydrogen (secondary N) is 1. The van der Waals surface area contributed by atoms with Crippen LogP contribution in [0.25, 0.3) is 0 Å². The number of hydrogen-bond acceptors (Lipinski definition) is 3. The summed E-state index contributed by atoms with van der Waals surface area (Å²) in [5.74, 6) is 0.543. The van der Waals surface area contributed by atoms with Gasteiger partial charge in [-0.05, 0) is 37.0 Å². The molecular formula is C16H23NO3. The number of aryl methyl sites for hydroxylation is 1. The molecule has 0 heterocycles. The largest absolute Gasteiger partial charge is 0.484 e. The van der Waals surface area contributed by atoms with Gasteiger partial charge in [0.15, 0.2) is 6.61 Å². The molecule has 2 unspecified atom stereocenters. The lowest BCUT2D eigenvalue weighted by Crippen LogP contribution is -2.46. The van der Waals surface area contributed by atoms with Gasteiger partial charge >= 0.3 is 0 Å². The Kier molecular flexibility index (Phi) is 5.41. The van der Waals surface area contributed by atoms with Crippen molar-refractivity contribution in [2.24, 2.45) is 0 Å². The second-order valence-electron chi connectivity index (χ2n) is 5.32. The SMILES string of the molecule is CCc1cccc(OCC(=O)NC2CCCCC2O)c1. The van der Waals surface area contributed by atoms with Crippen molar-refractivity contribution in [1.82, 2.24) is 5.32 Å². The van der Waals surface area contributed by atoms with E-state index in [1.54, 1.807) is 0 Å². The van der Waals surface area contributed by atoms with Crippen molar-refractivity contribution in [3.63, 3.8) is 0 Å². The molecule has 1 fully saturated rings. The highest BCUT2D eigenvalue weighted by Gasteiger charge is 2.24. The van der Waals surface area contributed by atoms with Crippen LogP contribution in [0, 0.1) is 0 Å². The van der Waals surface area contributed by atoms with Crippen LogP contribution in [0.3, 0.4) is 0 Å². The summed E-state index contributed by atoms with van der Waals surface area (Å²) in [7, 11) is 0. The van der Waals surface area contributed by atoms with Gasteiger partial charge in [0.1, 0.15) is 5.75 Å². The third-order valence-corrected chi connectivity index (χ3v) is 3.75. The van der Waals surface area contributed by atoms with E-state index in [0.717, 1.165) is 32.1 Å². The molecule has 2 N–H and O–H groups in total. The molecule has 4 heteroatoms. The third-order valence-electron chi connectivity index (χ3n) is 3.75. The summed E-state index contributed by atoms with van der Waals surface area (Å²) in [6, 6.07) is 7.63. The smallest absolute Gasteiger partial charge is 0.258 e. The van der Waals surface area contributed by atoms with Gasteiger partial charge < -0.3 is 15.2 Å². The maximum absolute atomic E-state index is 11.8. The average Bonchev–Trinajstić information content (AvgIpc) is 2.48. The van der Waals surface area contributed by atoms with Gasteiger partial charge in [-0.1, -0.05) is 31.9 Å². The topological polar surface area (TPSA) is 58.6 Å². The Labute approximate surface area is 120 Å². The van der Waals surface area contributed by atoms with Gasteiger partial charge in [0, 0.05) is 0 Å². The number of aliphatic hydroxyl groups excluding tert-OH is 1. The van der Waals surface area contributed by atoms with E-state index in [1.807, 2.05) is 24.3 Å². The van der Waals surface area contributed by atoms with Gasteiger partial charge in [0.2, 0.25) is 0 Å². The minimum absolute atomic E-state index is 0.00358. The lowest BCUT2D eigenvalue weighted by atomic mass is 9.92. The Bertz CT molecular complexity index is 447. The quantitative estimate of drug-likeness (QED) is 0.866. The van der Waals surface area contributed by atoms with E-state index < -0.39 is 6.10 Å². The van der Waals surface area contributed by atoms with Crippen molar-refractivity contribution in [1.29, 1.82) is 0 Å². The Morgan fingerprint density at radius 1 is 1.40 bits per heavy atom. The van der Waals surface area contributed by atoms with E-state index in [-0.39, 0.29) is 18.6 Å². The summed E-state index contributed by atoms with van der Waals surface area (Å²) in [5.41, 5.74) is 1.19. The summed E-state index contributed by atoms with van der Waals surface area (Å²) in [4.78, 5) is 11.8. The normalized spacial score (nSPS) is 22.3. The molecule has 1 saturated carbocycles. The number of amides is 1. The molecule has 110 valence electrons. The van der Waals surface area contributed by atoms with Crippen LogP contribution < -0.4 is 10.1 Å². The molecule has 0 radical (unpaired) electrons. The Morgan fingerprint density at radius 2 is 2.20 bits per heavy atom. The highest BCUT2D eigenvalue weighted by atomic mass is 16.5. The Hall–Kier alpha value is -1.55. The maximum Gasteiger partial charge on any atom is 0.258 e. The van der Waals surface area contributed by atoms with Crippen LogP contribution in [0.5, 0.6) is 5.75 Å². The lowest BCUT2D eigenvalue weighted by molar-refractivity contribution is -0.125. The van der Waals surface area contributed by atoms with Gasteiger partial charge in [-0.25, -0.2) is 0 Å². The molecule has 4 nitrogen and oxygen atoms in total. The molecule has 0 saturated heterocycles. The van der Waals surface area contributed by atoms with Crippen molar-refractivity contribution < 1.29 is 14.6 Å². The van der Waals surface area contributed by atoms with Crippen LogP contribution in [0.1, 0.15) is 38.2 Å². The molecule has 1 aromatic rings. The average molecular weight is 277 g/mol. The molecule has 0 aromatic heterocycles. The monoisotopic (exact) mass is 277 g/mol. The molecule has 1 aliphatic carbocycles. The number of ether oxygens (including phenoxy) is 1. The number of carbonyl (C=O) groups is 1. The number of carbonyl (C=O) groups excluding carboxylic acids is 1. The fourth-order valence-electron chi connectivity index (χ4n) is 2.53. The Balaban J connectivity index is 1.79. The molecular weight excluding hydrogens is 254 g/mol. The summed E-state index contributed by atoms with van der Waals surface area (Å²) in [6.45, 7) is 2.08. The number of aliphatic hydroxyl groups is 1. The molecule has 20 heavy (non-hydrogen) atoms. The molecule has 0 spiro atoms. The molecule has 0 bridgehead atoms. The minimum Gasteiger partial charge on any atom is -0.484 e. The fraction of sp³-hybridized carbons (Fsp3) is 0.562. The van der Waals surface area contributed by atoms with Crippen molar-refractivity contribution >= 4 is 5.91 Å². The van der Waals surface area contributed by atoms with E-state index in [1.165, 1.54) is 5.56 Å². The molecule has 1 aliphatic rings. The molecule has 1 amide bonds. The van der Waals surface area contributed by atoms with Crippen molar-refractivity contribution in [2.75, 3.05) is 6.61 Å². The molecule has 2 rings (SSSR count). The summed E-state index contributed by atoms with van der Waals surface area (Å²) in [5, 5.41) is 12.7. The van der Waals surface area contributed by atoms with Crippen LogP contribution in [-0.4, -0.2) is 29.8 Å². The standard InChI is InChI=1S/C16H23NO3/c1-2-12-6-5-7-13(10-12)20-11-16(19)17-14-8-3-4-9-15(14)18/h5-7,10,14-15,18H,2-4,8-9,11H2,1H3,(H,17,19). The molecule has 1 aromatic carbocycles. The first-order chi connectivity index (χ1) is 9.69. The van der Waals surface area contributed by atoms with Crippen molar-refractivity contribution in [3.8, 4) is 5.75 Å². The van der Waals surface area contributed by atoms with Crippen LogP contribution in [0.2, 0.25) is 0 Å². The number of benzene rings is 1.